The zero-order chi connectivity index (χ0) is 11.4. The van der Waals surface area contributed by atoms with Gasteiger partial charge in [-0.1, -0.05) is 15.9 Å². The minimum absolute atomic E-state index is 0.0812. The van der Waals surface area contributed by atoms with Crippen LogP contribution in [-0.2, 0) is 14.3 Å². The van der Waals surface area contributed by atoms with Crippen molar-refractivity contribution >= 4 is 27.8 Å². The van der Waals surface area contributed by atoms with Gasteiger partial charge >= 0.3 is 5.97 Å². The molecule has 1 aliphatic rings. The second-order valence-electron chi connectivity index (χ2n) is 3.64. The van der Waals surface area contributed by atoms with Crippen LogP contribution in [-0.4, -0.2) is 48.3 Å². The van der Waals surface area contributed by atoms with Crippen molar-refractivity contribution in [2.45, 2.75) is 11.2 Å². The van der Waals surface area contributed by atoms with Gasteiger partial charge in [0, 0.05) is 13.1 Å². The van der Waals surface area contributed by atoms with E-state index in [1.54, 1.807) is 0 Å². The summed E-state index contributed by atoms with van der Waals surface area (Å²) < 4.78 is 4.59. The number of amides is 1. The highest BCUT2D eigenvalue weighted by molar-refractivity contribution is 9.10. The molecule has 2 atom stereocenters. The van der Waals surface area contributed by atoms with E-state index in [2.05, 4.69) is 20.7 Å². The quantitative estimate of drug-likeness (QED) is 0.568. The maximum absolute atomic E-state index is 11.1. The van der Waals surface area contributed by atoms with Gasteiger partial charge in [-0.05, 0) is 13.0 Å². The van der Waals surface area contributed by atoms with Crippen molar-refractivity contribution in [2.24, 2.45) is 11.7 Å². The number of hydrogen-bond donors (Lipinski definition) is 1. The van der Waals surface area contributed by atoms with Gasteiger partial charge in [-0.25, -0.2) is 0 Å². The lowest BCUT2D eigenvalue weighted by molar-refractivity contribution is -0.140. The molecule has 0 bridgehead atoms. The number of esters is 1. The molecular weight excluding hydrogens is 264 g/mol. The van der Waals surface area contributed by atoms with E-state index in [-0.39, 0.29) is 22.6 Å². The summed E-state index contributed by atoms with van der Waals surface area (Å²) in [5.41, 5.74) is 5.21. The van der Waals surface area contributed by atoms with Crippen molar-refractivity contribution in [1.82, 2.24) is 4.90 Å². The smallest absolute Gasteiger partial charge is 0.320 e. The molecule has 0 aliphatic carbocycles. The minimum atomic E-state index is -0.339. The van der Waals surface area contributed by atoms with Crippen molar-refractivity contribution in [1.29, 1.82) is 0 Å². The Hall–Kier alpha value is -0.620. The van der Waals surface area contributed by atoms with Crippen LogP contribution in [0.25, 0.3) is 0 Å². The van der Waals surface area contributed by atoms with E-state index < -0.39 is 0 Å². The summed E-state index contributed by atoms with van der Waals surface area (Å²) in [6.07, 6.45) is 0.774. The number of primary amides is 1. The number of rotatable bonds is 4. The SMILES string of the molecule is COC(=O)C(Br)CN1CCC(C(N)=O)C1. The molecule has 0 radical (unpaired) electrons. The van der Waals surface area contributed by atoms with E-state index >= 15 is 0 Å². The molecule has 1 heterocycles. The zero-order valence-corrected chi connectivity index (χ0v) is 10.2. The van der Waals surface area contributed by atoms with Crippen LogP contribution >= 0.6 is 15.9 Å². The molecule has 1 aliphatic heterocycles. The van der Waals surface area contributed by atoms with Crippen molar-refractivity contribution < 1.29 is 14.3 Å². The van der Waals surface area contributed by atoms with Crippen LogP contribution in [0.15, 0.2) is 0 Å². The molecule has 6 heteroatoms. The third kappa shape index (κ3) is 3.46. The Morgan fingerprint density at radius 2 is 2.33 bits per heavy atom. The van der Waals surface area contributed by atoms with E-state index in [4.69, 9.17) is 5.73 Å². The Bertz CT molecular complexity index is 260. The highest BCUT2D eigenvalue weighted by Crippen LogP contribution is 2.17. The van der Waals surface area contributed by atoms with Gasteiger partial charge in [0.1, 0.15) is 4.83 Å². The van der Waals surface area contributed by atoms with Gasteiger partial charge in [-0.3, -0.25) is 9.59 Å². The Morgan fingerprint density at radius 3 is 2.80 bits per heavy atom. The zero-order valence-electron chi connectivity index (χ0n) is 8.61. The van der Waals surface area contributed by atoms with Gasteiger partial charge in [-0.2, -0.15) is 0 Å². The maximum Gasteiger partial charge on any atom is 0.320 e. The van der Waals surface area contributed by atoms with Crippen molar-refractivity contribution in [2.75, 3.05) is 26.7 Å². The number of nitrogens with two attached hydrogens (primary N) is 1. The largest absolute Gasteiger partial charge is 0.468 e. The molecule has 5 nitrogen and oxygen atoms in total. The van der Waals surface area contributed by atoms with Gasteiger partial charge in [0.25, 0.3) is 0 Å². The first-order valence-electron chi connectivity index (χ1n) is 4.78. The van der Waals surface area contributed by atoms with Crippen LogP contribution in [0, 0.1) is 5.92 Å². The number of nitrogens with zero attached hydrogens (tertiary/aromatic N) is 1. The number of methoxy groups -OCH3 is 1. The molecule has 1 fully saturated rings. The summed E-state index contributed by atoms with van der Waals surface area (Å²) in [6.45, 7) is 1.98. The first-order chi connectivity index (χ1) is 7.04. The van der Waals surface area contributed by atoms with Crippen LogP contribution in [0.3, 0.4) is 0 Å². The standard InChI is InChI=1S/C9H15BrN2O3/c1-15-9(14)7(10)5-12-3-2-6(4-12)8(11)13/h6-7H,2-5H2,1H3,(H2,11,13). The molecule has 2 unspecified atom stereocenters. The molecule has 1 amide bonds. The number of likely N-dealkylation sites (tertiary alicyclic amines) is 1. The molecule has 0 aromatic rings. The Kier molecular flexibility index (Phi) is 4.53. The Morgan fingerprint density at radius 1 is 1.67 bits per heavy atom. The third-order valence-corrected chi connectivity index (χ3v) is 3.21. The van der Waals surface area contributed by atoms with Crippen molar-refractivity contribution in [3.05, 3.63) is 0 Å². The number of ether oxygens (including phenoxy) is 1. The topological polar surface area (TPSA) is 72.6 Å². The lowest BCUT2D eigenvalue weighted by Gasteiger charge is -2.17. The van der Waals surface area contributed by atoms with Gasteiger partial charge in [0.2, 0.25) is 5.91 Å². The predicted octanol–water partition coefficient (Wildman–Crippen LogP) is -0.270. The number of hydrogen-bond acceptors (Lipinski definition) is 4. The average Bonchev–Trinajstić information content (AvgIpc) is 2.65. The van der Waals surface area contributed by atoms with E-state index in [0.717, 1.165) is 13.0 Å². The summed E-state index contributed by atoms with van der Waals surface area (Å²) >= 11 is 3.24. The van der Waals surface area contributed by atoms with Crippen LogP contribution in [0.1, 0.15) is 6.42 Å². The summed E-state index contributed by atoms with van der Waals surface area (Å²) in [5.74, 6) is -0.637. The van der Waals surface area contributed by atoms with Gasteiger partial charge < -0.3 is 15.4 Å². The molecular formula is C9H15BrN2O3. The van der Waals surface area contributed by atoms with Crippen LogP contribution in [0.5, 0.6) is 0 Å². The average molecular weight is 279 g/mol. The number of carbonyl (C=O) groups excluding carboxylic acids is 2. The highest BCUT2D eigenvalue weighted by Gasteiger charge is 2.29. The monoisotopic (exact) mass is 278 g/mol. The number of carbonyl (C=O) groups is 2. The summed E-state index contributed by atoms with van der Waals surface area (Å²) in [4.78, 5) is 23.7. The second kappa shape index (κ2) is 5.46. The fourth-order valence-corrected chi connectivity index (χ4v) is 2.26. The molecule has 86 valence electrons. The summed E-state index contributed by atoms with van der Waals surface area (Å²) in [6, 6.07) is 0. The molecule has 15 heavy (non-hydrogen) atoms. The van der Waals surface area contributed by atoms with E-state index in [0.29, 0.717) is 13.1 Å². The van der Waals surface area contributed by atoms with E-state index in [1.165, 1.54) is 7.11 Å². The lowest BCUT2D eigenvalue weighted by Crippen LogP contribution is -2.34. The first-order valence-corrected chi connectivity index (χ1v) is 5.69. The predicted molar refractivity (Wildman–Crippen MR) is 58.5 cm³/mol. The van der Waals surface area contributed by atoms with Crippen molar-refractivity contribution in [3.8, 4) is 0 Å². The van der Waals surface area contributed by atoms with Crippen LogP contribution in [0.4, 0.5) is 0 Å². The lowest BCUT2D eigenvalue weighted by atomic mass is 10.1. The Balaban J connectivity index is 2.36. The fourth-order valence-electron chi connectivity index (χ4n) is 1.66. The molecule has 1 rings (SSSR count). The van der Waals surface area contributed by atoms with E-state index in [1.807, 2.05) is 4.90 Å². The minimum Gasteiger partial charge on any atom is -0.468 e. The fraction of sp³-hybridized carbons (Fsp3) is 0.778. The maximum atomic E-state index is 11.1. The number of halogens is 1. The van der Waals surface area contributed by atoms with Crippen LogP contribution < -0.4 is 5.73 Å². The Labute approximate surface area is 97.1 Å². The molecule has 0 aromatic carbocycles. The van der Waals surface area contributed by atoms with Gasteiger partial charge in [0.15, 0.2) is 0 Å². The van der Waals surface area contributed by atoms with Crippen molar-refractivity contribution in [3.63, 3.8) is 0 Å². The number of alkyl halides is 1. The molecule has 0 saturated carbocycles. The first kappa shape index (κ1) is 12.4. The molecule has 2 N–H and O–H groups in total. The third-order valence-electron chi connectivity index (χ3n) is 2.55. The van der Waals surface area contributed by atoms with Gasteiger partial charge in [0.05, 0.1) is 13.0 Å². The summed E-state index contributed by atoms with van der Waals surface area (Å²) in [7, 11) is 1.35. The molecule has 0 spiro atoms. The normalized spacial score (nSPS) is 23.7. The molecule has 0 aromatic heterocycles. The van der Waals surface area contributed by atoms with Crippen LogP contribution in [0.2, 0.25) is 0 Å². The van der Waals surface area contributed by atoms with E-state index in [9.17, 15) is 9.59 Å². The van der Waals surface area contributed by atoms with Gasteiger partial charge in [-0.15, -0.1) is 0 Å². The highest BCUT2D eigenvalue weighted by atomic mass is 79.9. The summed E-state index contributed by atoms with van der Waals surface area (Å²) in [5, 5.41) is 0. The second-order valence-corrected chi connectivity index (χ2v) is 4.74. The molecule has 1 saturated heterocycles.